The number of fused-ring (bicyclic) bond motifs is 1. The predicted molar refractivity (Wildman–Crippen MR) is 151 cm³/mol. The molecule has 202 valence electrons. The Hall–Kier alpha value is -3.92. The summed E-state index contributed by atoms with van der Waals surface area (Å²) in [7, 11) is 1.61. The van der Waals surface area contributed by atoms with Gasteiger partial charge in [-0.2, -0.15) is 0 Å². The molecule has 0 fully saturated rings. The second-order valence-corrected chi connectivity index (χ2v) is 9.76. The highest BCUT2D eigenvalue weighted by molar-refractivity contribution is 6.39. The third kappa shape index (κ3) is 5.90. The summed E-state index contributed by atoms with van der Waals surface area (Å²) in [6, 6.07) is 15.0. The standard InChI is InChI=1S/C28H26Cl2N4O5/c1-3-31-15-17-9-12-19-23(14-17)33(2)28(39)34(26(19)36)18-10-7-16(8-11-18)13-22(27(37)38)32-25(35)24-20(29)5-4-6-21(24)30/h4-12,14,22,31H,3,13,15H2,1-2H3,(H,32,35)(H,37,38). The molecule has 1 amide bonds. The van der Waals surface area contributed by atoms with Crippen LogP contribution in [0.2, 0.25) is 10.0 Å². The van der Waals surface area contributed by atoms with Crippen LogP contribution in [0.5, 0.6) is 0 Å². The molecule has 39 heavy (non-hydrogen) atoms. The molecule has 3 N–H and O–H groups in total. The second kappa shape index (κ2) is 11.9. The maximum absolute atomic E-state index is 13.3. The Labute approximate surface area is 233 Å². The molecule has 0 radical (unpaired) electrons. The fourth-order valence-electron chi connectivity index (χ4n) is 4.26. The number of halogens is 2. The number of aryl methyl sites for hydroxylation is 1. The quantitative estimate of drug-likeness (QED) is 0.284. The van der Waals surface area contributed by atoms with E-state index in [1.165, 1.54) is 16.7 Å². The number of rotatable bonds is 9. The molecule has 9 nitrogen and oxygen atoms in total. The molecule has 3 aromatic carbocycles. The second-order valence-electron chi connectivity index (χ2n) is 8.95. The van der Waals surface area contributed by atoms with Gasteiger partial charge in [-0.05, 0) is 54.1 Å². The van der Waals surface area contributed by atoms with E-state index >= 15 is 0 Å². The number of hydrogen-bond donors (Lipinski definition) is 3. The van der Waals surface area contributed by atoms with E-state index in [4.69, 9.17) is 23.2 Å². The van der Waals surface area contributed by atoms with Crippen LogP contribution in [0, 0.1) is 0 Å². The first-order valence-corrected chi connectivity index (χ1v) is 12.9. The van der Waals surface area contributed by atoms with Gasteiger partial charge in [0.1, 0.15) is 6.04 Å². The van der Waals surface area contributed by atoms with E-state index in [2.05, 4.69) is 10.6 Å². The Morgan fingerprint density at radius 3 is 2.23 bits per heavy atom. The average molecular weight is 569 g/mol. The molecular formula is C28H26Cl2N4O5. The molecule has 0 saturated carbocycles. The Kier molecular flexibility index (Phi) is 8.54. The van der Waals surface area contributed by atoms with Crippen molar-refractivity contribution in [3.05, 3.63) is 108 Å². The molecule has 0 spiro atoms. The number of amides is 1. The van der Waals surface area contributed by atoms with Crippen molar-refractivity contribution in [1.82, 2.24) is 19.8 Å². The third-order valence-electron chi connectivity index (χ3n) is 6.34. The summed E-state index contributed by atoms with van der Waals surface area (Å²) in [6.45, 7) is 3.41. The lowest BCUT2D eigenvalue weighted by molar-refractivity contribution is -0.139. The number of carbonyl (C=O) groups excluding carboxylic acids is 1. The minimum absolute atomic E-state index is 0.0114. The number of carboxylic acid groups (broad SMARTS) is 1. The minimum atomic E-state index is -1.27. The van der Waals surface area contributed by atoms with E-state index in [0.29, 0.717) is 28.7 Å². The Balaban J connectivity index is 1.61. The van der Waals surface area contributed by atoms with Crippen molar-refractivity contribution in [2.45, 2.75) is 25.9 Å². The van der Waals surface area contributed by atoms with Crippen molar-refractivity contribution in [3.8, 4) is 5.69 Å². The summed E-state index contributed by atoms with van der Waals surface area (Å²) in [4.78, 5) is 51.0. The zero-order chi connectivity index (χ0) is 28.3. The number of aromatic nitrogens is 2. The van der Waals surface area contributed by atoms with Crippen molar-refractivity contribution >= 4 is 46.0 Å². The summed E-state index contributed by atoms with van der Waals surface area (Å²) < 4.78 is 2.50. The van der Waals surface area contributed by atoms with Gasteiger partial charge in [0, 0.05) is 20.0 Å². The normalized spacial score (nSPS) is 11.9. The predicted octanol–water partition coefficient (Wildman–Crippen LogP) is 3.53. The van der Waals surface area contributed by atoms with Gasteiger partial charge >= 0.3 is 11.7 Å². The lowest BCUT2D eigenvalue weighted by Gasteiger charge is -2.16. The van der Waals surface area contributed by atoms with Crippen molar-refractivity contribution in [3.63, 3.8) is 0 Å². The molecule has 1 aromatic heterocycles. The first kappa shape index (κ1) is 28.1. The van der Waals surface area contributed by atoms with Crippen molar-refractivity contribution < 1.29 is 14.7 Å². The topological polar surface area (TPSA) is 122 Å². The van der Waals surface area contributed by atoms with E-state index in [9.17, 15) is 24.3 Å². The Morgan fingerprint density at radius 2 is 1.62 bits per heavy atom. The highest BCUT2D eigenvalue weighted by Gasteiger charge is 2.24. The Bertz CT molecular complexity index is 1660. The molecule has 1 atom stereocenters. The van der Waals surface area contributed by atoms with Crippen LogP contribution in [0.15, 0.2) is 70.3 Å². The lowest BCUT2D eigenvalue weighted by atomic mass is 10.0. The third-order valence-corrected chi connectivity index (χ3v) is 6.97. The average Bonchev–Trinajstić information content (AvgIpc) is 2.91. The number of carboxylic acids is 1. The van der Waals surface area contributed by atoms with E-state index < -0.39 is 29.2 Å². The van der Waals surface area contributed by atoms with E-state index in [0.717, 1.165) is 16.7 Å². The zero-order valence-electron chi connectivity index (χ0n) is 21.2. The highest BCUT2D eigenvalue weighted by atomic mass is 35.5. The lowest BCUT2D eigenvalue weighted by Crippen LogP contribution is -2.42. The van der Waals surface area contributed by atoms with Gasteiger partial charge in [-0.1, -0.05) is 54.4 Å². The van der Waals surface area contributed by atoms with E-state index in [-0.39, 0.29) is 22.0 Å². The van der Waals surface area contributed by atoms with Crippen LogP contribution in [0.3, 0.4) is 0 Å². The largest absolute Gasteiger partial charge is 0.480 e. The number of nitrogens with one attached hydrogen (secondary N) is 2. The molecule has 0 bridgehead atoms. The molecule has 1 unspecified atom stereocenters. The monoisotopic (exact) mass is 568 g/mol. The van der Waals surface area contributed by atoms with Gasteiger partial charge in [-0.15, -0.1) is 0 Å². The highest BCUT2D eigenvalue weighted by Crippen LogP contribution is 2.24. The van der Waals surface area contributed by atoms with Crippen LogP contribution in [0.1, 0.15) is 28.4 Å². The minimum Gasteiger partial charge on any atom is -0.480 e. The first-order chi connectivity index (χ1) is 18.6. The van der Waals surface area contributed by atoms with Gasteiger partial charge in [0.2, 0.25) is 0 Å². The number of nitrogens with zero attached hydrogens (tertiary/aromatic N) is 2. The van der Waals surface area contributed by atoms with Crippen molar-refractivity contribution in [2.75, 3.05) is 6.54 Å². The SMILES string of the molecule is CCNCc1ccc2c(=O)n(-c3ccc(CC(NC(=O)c4c(Cl)cccc4Cl)C(=O)O)cc3)c(=O)n(C)c2c1. The molecule has 0 aliphatic carbocycles. The molecule has 1 heterocycles. The van der Waals surface area contributed by atoms with Gasteiger partial charge in [0.15, 0.2) is 0 Å². The van der Waals surface area contributed by atoms with E-state index in [1.54, 1.807) is 43.4 Å². The smallest absolute Gasteiger partial charge is 0.335 e. The fraction of sp³-hybridized carbons (Fsp3) is 0.214. The molecule has 4 rings (SSSR count). The molecule has 0 saturated heterocycles. The van der Waals surface area contributed by atoms with Crippen LogP contribution >= 0.6 is 23.2 Å². The number of hydrogen-bond acceptors (Lipinski definition) is 5. The zero-order valence-corrected chi connectivity index (χ0v) is 22.7. The number of carbonyl (C=O) groups is 2. The number of benzene rings is 3. The molecule has 0 aliphatic rings. The van der Waals surface area contributed by atoms with Crippen molar-refractivity contribution in [2.24, 2.45) is 7.05 Å². The van der Waals surface area contributed by atoms with Crippen LogP contribution in [0.4, 0.5) is 0 Å². The summed E-state index contributed by atoms with van der Waals surface area (Å²) in [5.74, 6) is -1.96. The summed E-state index contributed by atoms with van der Waals surface area (Å²) in [6.07, 6.45) is -0.0529. The van der Waals surface area contributed by atoms with Crippen LogP contribution in [0.25, 0.3) is 16.6 Å². The molecule has 4 aromatic rings. The van der Waals surface area contributed by atoms with Crippen LogP contribution < -0.4 is 21.9 Å². The molecule has 11 heteroatoms. The Morgan fingerprint density at radius 1 is 0.974 bits per heavy atom. The first-order valence-electron chi connectivity index (χ1n) is 12.1. The van der Waals surface area contributed by atoms with Gasteiger partial charge in [-0.3, -0.25) is 14.2 Å². The van der Waals surface area contributed by atoms with Gasteiger partial charge in [0.25, 0.3) is 11.5 Å². The molecule has 0 aliphatic heterocycles. The summed E-state index contributed by atoms with van der Waals surface area (Å²) in [5, 5.41) is 16.0. The maximum Gasteiger partial charge on any atom is 0.335 e. The fourth-order valence-corrected chi connectivity index (χ4v) is 4.83. The number of aliphatic carboxylic acids is 1. The summed E-state index contributed by atoms with van der Waals surface area (Å²) >= 11 is 12.1. The van der Waals surface area contributed by atoms with Crippen molar-refractivity contribution in [1.29, 1.82) is 0 Å². The molecular weight excluding hydrogens is 543 g/mol. The van der Waals surface area contributed by atoms with Crippen LogP contribution in [-0.2, 0) is 24.8 Å². The van der Waals surface area contributed by atoms with Gasteiger partial charge in [-0.25, -0.2) is 14.2 Å². The maximum atomic E-state index is 13.3. The van der Waals surface area contributed by atoms with E-state index in [1.807, 2.05) is 19.1 Å². The van der Waals surface area contributed by atoms with Gasteiger partial charge in [0.05, 0.1) is 32.2 Å². The summed E-state index contributed by atoms with van der Waals surface area (Å²) in [5.41, 5.74) is 1.42. The van der Waals surface area contributed by atoms with Crippen LogP contribution in [-0.4, -0.2) is 38.7 Å². The van der Waals surface area contributed by atoms with Gasteiger partial charge < -0.3 is 15.7 Å².